The van der Waals surface area contributed by atoms with E-state index in [-0.39, 0.29) is 16.1 Å². The van der Waals surface area contributed by atoms with Crippen LogP contribution >= 0.6 is 0 Å². The molecule has 6 heteroatoms. The number of nitrogens with one attached hydrogen (secondary N) is 1. The Kier molecular flexibility index (Phi) is 5.04. The van der Waals surface area contributed by atoms with E-state index in [0.717, 1.165) is 5.56 Å². The maximum Gasteiger partial charge on any atom is 0.345 e. The van der Waals surface area contributed by atoms with E-state index in [4.69, 9.17) is 4.74 Å². The van der Waals surface area contributed by atoms with Crippen molar-refractivity contribution in [2.75, 3.05) is 4.72 Å². The molecule has 0 saturated carbocycles. The van der Waals surface area contributed by atoms with Crippen molar-refractivity contribution in [2.24, 2.45) is 0 Å². The predicted molar refractivity (Wildman–Crippen MR) is 99.8 cm³/mol. The summed E-state index contributed by atoms with van der Waals surface area (Å²) in [6.45, 7) is 1.87. The van der Waals surface area contributed by atoms with Gasteiger partial charge in [0.2, 0.25) is 0 Å². The molecule has 0 aliphatic carbocycles. The van der Waals surface area contributed by atoms with Gasteiger partial charge in [-0.15, -0.1) is 0 Å². The number of sulfonamides is 1. The van der Waals surface area contributed by atoms with Crippen molar-refractivity contribution < 1.29 is 17.9 Å². The van der Waals surface area contributed by atoms with Gasteiger partial charge in [0, 0.05) is 0 Å². The Morgan fingerprint density at radius 2 is 1.46 bits per heavy atom. The van der Waals surface area contributed by atoms with Crippen LogP contribution in [0.3, 0.4) is 0 Å². The van der Waals surface area contributed by atoms with Gasteiger partial charge in [-0.25, -0.2) is 13.2 Å². The third kappa shape index (κ3) is 4.10. The lowest BCUT2D eigenvalue weighted by Gasteiger charge is -2.12. The number of esters is 1. The van der Waals surface area contributed by atoms with Gasteiger partial charge in [0.1, 0.15) is 5.75 Å². The maximum atomic E-state index is 12.6. The van der Waals surface area contributed by atoms with Gasteiger partial charge >= 0.3 is 5.97 Å². The van der Waals surface area contributed by atoms with Gasteiger partial charge in [0.05, 0.1) is 16.1 Å². The number of ether oxygens (including phenoxy) is 1. The average molecular weight is 367 g/mol. The molecule has 0 amide bonds. The van der Waals surface area contributed by atoms with E-state index in [1.807, 2.05) is 6.92 Å². The van der Waals surface area contributed by atoms with Gasteiger partial charge in [0.25, 0.3) is 10.0 Å². The van der Waals surface area contributed by atoms with Crippen LogP contribution in [-0.2, 0) is 10.0 Å². The molecule has 5 nitrogen and oxygen atoms in total. The summed E-state index contributed by atoms with van der Waals surface area (Å²) >= 11 is 0. The normalized spacial score (nSPS) is 11.0. The van der Waals surface area contributed by atoms with Crippen molar-refractivity contribution in [1.29, 1.82) is 0 Å². The number of benzene rings is 3. The fourth-order valence-electron chi connectivity index (χ4n) is 2.32. The second kappa shape index (κ2) is 7.41. The van der Waals surface area contributed by atoms with E-state index in [1.165, 1.54) is 24.3 Å². The zero-order valence-corrected chi connectivity index (χ0v) is 14.9. The molecule has 0 unspecified atom stereocenters. The van der Waals surface area contributed by atoms with Crippen molar-refractivity contribution in [2.45, 2.75) is 11.8 Å². The number of carbonyl (C=O) groups excluding carboxylic acids is 1. The highest BCUT2D eigenvalue weighted by Gasteiger charge is 2.19. The minimum atomic E-state index is -3.82. The Balaban J connectivity index is 1.87. The number of anilines is 1. The summed E-state index contributed by atoms with van der Waals surface area (Å²) < 4.78 is 32.9. The summed E-state index contributed by atoms with van der Waals surface area (Å²) in [4.78, 5) is 12.6. The standard InChI is InChI=1S/C20H17NO4S/c1-15-11-13-17(14-12-15)26(23,24)21-19-10-6-5-9-18(19)20(22)25-16-7-3-2-4-8-16/h2-14,21H,1H3. The third-order valence-corrected chi connectivity index (χ3v) is 5.06. The molecule has 3 aromatic rings. The van der Waals surface area contributed by atoms with Crippen LogP contribution in [0.25, 0.3) is 0 Å². The molecule has 0 saturated heterocycles. The van der Waals surface area contributed by atoms with E-state index >= 15 is 0 Å². The van der Waals surface area contributed by atoms with Crippen molar-refractivity contribution in [3.05, 3.63) is 90.0 Å². The molecule has 0 bridgehead atoms. The van der Waals surface area contributed by atoms with Crippen molar-refractivity contribution in [3.8, 4) is 5.75 Å². The zero-order valence-electron chi connectivity index (χ0n) is 14.0. The van der Waals surface area contributed by atoms with E-state index in [1.54, 1.807) is 54.6 Å². The maximum absolute atomic E-state index is 12.6. The minimum Gasteiger partial charge on any atom is -0.423 e. The monoisotopic (exact) mass is 367 g/mol. The van der Waals surface area contributed by atoms with Crippen LogP contribution in [0.1, 0.15) is 15.9 Å². The zero-order chi connectivity index (χ0) is 18.6. The van der Waals surface area contributed by atoms with Crippen LogP contribution in [0.5, 0.6) is 5.75 Å². The number of carbonyl (C=O) groups is 1. The van der Waals surface area contributed by atoms with Crippen LogP contribution in [0.15, 0.2) is 83.8 Å². The molecule has 3 aromatic carbocycles. The molecule has 26 heavy (non-hydrogen) atoms. The summed E-state index contributed by atoms with van der Waals surface area (Å²) in [6.07, 6.45) is 0. The molecule has 0 spiro atoms. The topological polar surface area (TPSA) is 72.5 Å². The molecule has 0 aliphatic rings. The SMILES string of the molecule is Cc1ccc(S(=O)(=O)Nc2ccccc2C(=O)Oc2ccccc2)cc1. The van der Waals surface area contributed by atoms with Crippen molar-refractivity contribution in [1.82, 2.24) is 0 Å². The average Bonchev–Trinajstić information content (AvgIpc) is 2.63. The molecule has 0 heterocycles. The van der Waals surface area contributed by atoms with Crippen molar-refractivity contribution in [3.63, 3.8) is 0 Å². The lowest BCUT2D eigenvalue weighted by Crippen LogP contribution is -2.17. The summed E-state index contributed by atoms with van der Waals surface area (Å²) in [5.74, 6) is -0.257. The van der Waals surface area contributed by atoms with Crippen LogP contribution in [0.2, 0.25) is 0 Å². The first-order chi connectivity index (χ1) is 12.5. The summed E-state index contributed by atoms with van der Waals surface area (Å²) in [7, 11) is -3.82. The Bertz CT molecular complexity index is 1010. The van der Waals surface area contributed by atoms with Gasteiger partial charge < -0.3 is 4.74 Å². The van der Waals surface area contributed by atoms with Crippen LogP contribution in [0.4, 0.5) is 5.69 Å². The number of hydrogen-bond acceptors (Lipinski definition) is 4. The van der Waals surface area contributed by atoms with Gasteiger partial charge in [-0.3, -0.25) is 4.72 Å². The van der Waals surface area contributed by atoms with Crippen molar-refractivity contribution >= 4 is 21.7 Å². The third-order valence-electron chi connectivity index (χ3n) is 3.68. The lowest BCUT2D eigenvalue weighted by atomic mass is 10.2. The number of para-hydroxylation sites is 2. The van der Waals surface area contributed by atoms with Gasteiger partial charge in [-0.1, -0.05) is 48.0 Å². The first-order valence-corrected chi connectivity index (χ1v) is 9.40. The lowest BCUT2D eigenvalue weighted by molar-refractivity contribution is 0.0736. The molecule has 1 N–H and O–H groups in total. The van der Waals surface area contributed by atoms with Crippen LogP contribution in [-0.4, -0.2) is 14.4 Å². The molecule has 0 fully saturated rings. The fraction of sp³-hybridized carbons (Fsp3) is 0.0500. The second-order valence-corrected chi connectivity index (χ2v) is 7.35. The first-order valence-electron chi connectivity index (χ1n) is 7.91. The Morgan fingerprint density at radius 1 is 0.846 bits per heavy atom. The van der Waals surface area contributed by atoms with E-state index in [2.05, 4.69) is 4.72 Å². The summed E-state index contributed by atoms with van der Waals surface area (Å²) in [6, 6.07) is 21.4. The summed E-state index contributed by atoms with van der Waals surface area (Å²) in [5.41, 5.74) is 1.25. The highest BCUT2D eigenvalue weighted by Crippen LogP contribution is 2.22. The number of aryl methyl sites for hydroxylation is 1. The number of hydrogen-bond donors (Lipinski definition) is 1. The van der Waals surface area contributed by atoms with Gasteiger partial charge in [-0.2, -0.15) is 0 Å². The van der Waals surface area contributed by atoms with E-state index < -0.39 is 16.0 Å². The van der Waals surface area contributed by atoms with Crippen LogP contribution in [0, 0.1) is 6.92 Å². The molecule has 0 aliphatic heterocycles. The van der Waals surface area contributed by atoms with Gasteiger partial charge in [-0.05, 0) is 43.3 Å². The van der Waals surface area contributed by atoms with Gasteiger partial charge in [0.15, 0.2) is 0 Å². The molecule has 3 rings (SSSR count). The molecule has 0 radical (unpaired) electrons. The Morgan fingerprint density at radius 3 is 2.15 bits per heavy atom. The quantitative estimate of drug-likeness (QED) is 0.546. The minimum absolute atomic E-state index is 0.120. The highest BCUT2D eigenvalue weighted by molar-refractivity contribution is 7.92. The van der Waals surface area contributed by atoms with Crippen LogP contribution < -0.4 is 9.46 Å². The summed E-state index contributed by atoms with van der Waals surface area (Å²) in [5, 5.41) is 0. The smallest absolute Gasteiger partial charge is 0.345 e. The molecular weight excluding hydrogens is 350 g/mol. The highest BCUT2D eigenvalue weighted by atomic mass is 32.2. The Hall–Kier alpha value is -3.12. The molecule has 0 atom stereocenters. The predicted octanol–water partition coefficient (Wildman–Crippen LogP) is 4.02. The van der Waals surface area contributed by atoms with E-state index in [0.29, 0.717) is 5.75 Å². The second-order valence-electron chi connectivity index (χ2n) is 5.67. The first kappa shape index (κ1) is 17.7. The molecule has 0 aromatic heterocycles. The fourth-order valence-corrected chi connectivity index (χ4v) is 3.40. The Labute approximate surface area is 152 Å². The molecule has 132 valence electrons. The van der Waals surface area contributed by atoms with E-state index in [9.17, 15) is 13.2 Å². The molecular formula is C20H17NO4S. The largest absolute Gasteiger partial charge is 0.423 e. The number of rotatable bonds is 5.